The molecule has 1 aliphatic rings. The van der Waals surface area contributed by atoms with Crippen LogP contribution in [0.25, 0.3) is 10.9 Å². The number of carbonyl (C=O) groups is 3. The molecule has 6 nitrogen and oxygen atoms in total. The highest BCUT2D eigenvalue weighted by molar-refractivity contribution is 6.21. The van der Waals surface area contributed by atoms with Gasteiger partial charge in [0.1, 0.15) is 0 Å². The fraction of sp³-hybridized carbons (Fsp3) is 0.190. The molecule has 2 amide bonds. The van der Waals surface area contributed by atoms with E-state index in [2.05, 4.69) is 4.98 Å². The number of nitrogens with zero attached hydrogens (tertiary/aromatic N) is 1. The lowest BCUT2D eigenvalue weighted by Crippen LogP contribution is -2.31. The molecule has 2 N–H and O–H groups in total. The van der Waals surface area contributed by atoms with Crippen molar-refractivity contribution in [2.75, 3.05) is 6.54 Å². The maximum absolute atomic E-state index is 12.5. The monoisotopic (exact) mass is 362 g/mol. The van der Waals surface area contributed by atoms with Crippen molar-refractivity contribution in [3.8, 4) is 0 Å². The highest BCUT2D eigenvalue weighted by Gasteiger charge is 2.34. The molecule has 0 atom stereocenters. The molecule has 27 heavy (non-hydrogen) atoms. The van der Waals surface area contributed by atoms with E-state index in [1.807, 2.05) is 24.4 Å². The van der Waals surface area contributed by atoms with E-state index in [-0.39, 0.29) is 18.2 Å². The van der Waals surface area contributed by atoms with Gasteiger partial charge in [-0.05, 0) is 48.2 Å². The number of benzene rings is 2. The van der Waals surface area contributed by atoms with Crippen molar-refractivity contribution >= 4 is 28.7 Å². The molecule has 136 valence electrons. The van der Waals surface area contributed by atoms with Gasteiger partial charge in [-0.3, -0.25) is 19.3 Å². The normalized spacial score (nSPS) is 13.4. The van der Waals surface area contributed by atoms with E-state index in [1.165, 1.54) is 4.90 Å². The number of rotatable bonds is 6. The summed E-state index contributed by atoms with van der Waals surface area (Å²) in [5.74, 6) is -1.33. The summed E-state index contributed by atoms with van der Waals surface area (Å²) >= 11 is 0. The van der Waals surface area contributed by atoms with Crippen molar-refractivity contribution in [3.05, 3.63) is 70.9 Å². The summed E-state index contributed by atoms with van der Waals surface area (Å²) in [6.45, 7) is 0.304. The van der Waals surface area contributed by atoms with Crippen LogP contribution in [0.1, 0.15) is 38.3 Å². The van der Waals surface area contributed by atoms with Crippen molar-refractivity contribution in [2.45, 2.75) is 19.3 Å². The van der Waals surface area contributed by atoms with Gasteiger partial charge < -0.3 is 10.1 Å². The minimum atomic E-state index is -0.824. The van der Waals surface area contributed by atoms with Gasteiger partial charge in [0.15, 0.2) is 0 Å². The fourth-order valence-corrected chi connectivity index (χ4v) is 3.51. The van der Waals surface area contributed by atoms with Crippen LogP contribution in [0.4, 0.5) is 0 Å². The minimum absolute atomic E-state index is 0.0836. The predicted octanol–water partition coefficient (Wildman–Crippen LogP) is 3.02. The van der Waals surface area contributed by atoms with Gasteiger partial charge in [-0.25, -0.2) is 0 Å². The smallest absolute Gasteiger partial charge is 0.303 e. The van der Waals surface area contributed by atoms with Gasteiger partial charge in [-0.15, -0.1) is 0 Å². The first kappa shape index (κ1) is 17.0. The molecule has 0 saturated heterocycles. The molecule has 2 heterocycles. The van der Waals surface area contributed by atoms with E-state index in [1.54, 1.807) is 24.3 Å². The average molecular weight is 362 g/mol. The van der Waals surface area contributed by atoms with Crippen LogP contribution in [0.5, 0.6) is 0 Å². The Balaban J connectivity index is 1.52. The number of nitrogens with one attached hydrogen (secondary N) is 1. The lowest BCUT2D eigenvalue weighted by Gasteiger charge is -2.13. The first-order valence-corrected chi connectivity index (χ1v) is 8.80. The van der Waals surface area contributed by atoms with Crippen LogP contribution in [-0.2, 0) is 17.6 Å². The van der Waals surface area contributed by atoms with Crippen molar-refractivity contribution in [2.24, 2.45) is 0 Å². The highest BCUT2D eigenvalue weighted by Crippen LogP contribution is 2.25. The molecule has 0 aliphatic carbocycles. The maximum atomic E-state index is 12.5. The van der Waals surface area contributed by atoms with Crippen molar-refractivity contribution in [1.82, 2.24) is 9.88 Å². The Morgan fingerprint density at radius 3 is 2.37 bits per heavy atom. The topological polar surface area (TPSA) is 90.5 Å². The van der Waals surface area contributed by atoms with Gasteiger partial charge in [0.2, 0.25) is 0 Å². The highest BCUT2D eigenvalue weighted by atomic mass is 16.4. The molecular formula is C21H18N2O4. The molecule has 0 saturated carbocycles. The Morgan fingerprint density at radius 2 is 1.70 bits per heavy atom. The van der Waals surface area contributed by atoms with E-state index >= 15 is 0 Å². The number of fused-ring (bicyclic) bond motifs is 2. The molecule has 0 spiro atoms. The molecule has 2 aromatic carbocycles. The molecule has 4 rings (SSSR count). The lowest BCUT2D eigenvalue weighted by atomic mass is 10.0. The number of hydrogen-bond donors (Lipinski definition) is 2. The third-order valence-electron chi connectivity index (χ3n) is 4.94. The summed E-state index contributed by atoms with van der Waals surface area (Å²) in [7, 11) is 0. The standard InChI is InChI=1S/C21H18N2O4/c24-19(25)8-6-13-5-7-18-17(11-13)14(12-22-18)9-10-23-20(26)15-3-1-2-4-16(15)21(23)27/h1-5,7,11-12,22H,6,8-10H2,(H,24,25). The van der Waals surface area contributed by atoms with Crippen LogP contribution in [0.3, 0.4) is 0 Å². The molecule has 1 aromatic heterocycles. The fourth-order valence-electron chi connectivity index (χ4n) is 3.51. The van der Waals surface area contributed by atoms with Gasteiger partial charge in [-0.2, -0.15) is 0 Å². The third-order valence-corrected chi connectivity index (χ3v) is 4.94. The van der Waals surface area contributed by atoms with Crippen molar-refractivity contribution < 1.29 is 19.5 Å². The Kier molecular flexibility index (Phi) is 4.24. The van der Waals surface area contributed by atoms with Gasteiger partial charge in [0.05, 0.1) is 11.1 Å². The zero-order chi connectivity index (χ0) is 19.0. The molecular weight excluding hydrogens is 344 g/mol. The van der Waals surface area contributed by atoms with E-state index in [9.17, 15) is 14.4 Å². The minimum Gasteiger partial charge on any atom is -0.481 e. The number of carbonyl (C=O) groups excluding carboxylic acids is 2. The Morgan fingerprint density at radius 1 is 1.00 bits per heavy atom. The van der Waals surface area contributed by atoms with E-state index in [0.29, 0.717) is 30.5 Å². The van der Waals surface area contributed by atoms with E-state index in [4.69, 9.17) is 5.11 Å². The van der Waals surface area contributed by atoms with Crippen LogP contribution < -0.4 is 0 Å². The first-order valence-electron chi connectivity index (χ1n) is 8.80. The van der Waals surface area contributed by atoms with E-state index in [0.717, 1.165) is 22.0 Å². The number of H-pyrrole nitrogens is 1. The summed E-state index contributed by atoms with van der Waals surface area (Å²) in [4.78, 5) is 40.2. The molecule has 0 fully saturated rings. The largest absolute Gasteiger partial charge is 0.481 e. The van der Waals surface area contributed by atoms with Gasteiger partial charge in [0, 0.05) is 30.1 Å². The lowest BCUT2D eigenvalue weighted by molar-refractivity contribution is -0.136. The number of carboxylic acids is 1. The van der Waals surface area contributed by atoms with Crippen LogP contribution >= 0.6 is 0 Å². The van der Waals surface area contributed by atoms with Crippen molar-refractivity contribution in [3.63, 3.8) is 0 Å². The van der Waals surface area contributed by atoms with Crippen LogP contribution in [0.15, 0.2) is 48.7 Å². The average Bonchev–Trinajstić information content (AvgIpc) is 3.18. The molecule has 6 heteroatoms. The Hall–Kier alpha value is -3.41. The van der Waals surface area contributed by atoms with Crippen molar-refractivity contribution in [1.29, 1.82) is 0 Å². The van der Waals surface area contributed by atoms with E-state index < -0.39 is 5.97 Å². The molecule has 0 bridgehead atoms. The number of aryl methyl sites for hydroxylation is 1. The van der Waals surface area contributed by atoms with Crippen LogP contribution in [-0.4, -0.2) is 39.3 Å². The summed E-state index contributed by atoms with van der Waals surface area (Å²) in [6.07, 6.45) is 2.96. The number of aromatic nitrogens is 1. The van der Waals surface area contributed by atoms with Gasteiger partial charge >= 0.3 is 5.97 Å². The second-order valence-electron chi connectivity index (χ2n) is 6.65. The summed E-state index contributed by atoms with van der Waals surface area (Å²) in [6, 6.07) is 12.7. The number of aromatic amines is 1. The second-order valence-corrected chi connectivity index (χ2v) is 6.65. The third kappa shape index (κ3) is 3.10. The quantitative estimate of drug-likeness (QED) is 0.660. The molecule has 1 aliphatic heterocycles. The first-order chi connectivity index (χ1) is 13.0. The number of hydrogen-bond acceptors (Lipinski definition) is 3. The molecule has 0 unspecified atom stereocenters. The zero-order valence-corrected chi connectivity index (χ0v) is 14.6. The summed E-state index contributed by atoms with van der Waals surface area (Å²) < 4.78 is 0. The van der Waals surface area contributed by atoms with Gasteiger partial charge in [0.25, 0.3) is 11.8 Å². The SMILES string of the molecule is O=C(O)CCc1ccc2[nH]cc(CCN3C(=O)c4ccccc4C3=O)c2c1. The van der Waals surface area contributed by atoms with Gasteiger partial charge in [-0.1, -0.05) is 18.2 Å². The van der Waals surface area contributed by atoms with Crippen LogP contribution in [0, 0.1) is 0 Å². The number of amides is 2. The second kappa shape index (κ2) is 6.72. The Labute approximate surface area is 155 Å². The zero-order valence-electron chi connectivity index (χ0n) is 14.6. The number of carboxylic acid groups (broad SMARTS) is 1. The number of imide groups is 1. The number of aliphatic carboxylic acids is 1. The van der Waals surface area contributed by atoms with Crippen LogP contribution in [0.2, 0.25) is 0 Å². The predicted molar refractivity (Wildman–Crippen MR) is 99.8 cm³/mol. The summed E-state index contributed by atoms with van der Waals surface area (Å²) in [5.41, 5.74) is 3.81. The molecule has 0 radical (unpaired) electrons. The Bertz CT molecular complexity index is 1030. The summed E-state index contributed by atoms with van der Waals surface area (Å²) in [5, 5.41) is 9.85. The maximum Gasteiger partial charge on any atom is 0.303 e. The molecule has 3 aromatic rings.